The summed E-state index contributed by atoms with van der Waals surface area (Å²) in [6.07, 6.45) is 0.494. The standard InChI is InChI=1S/C23H19ClN2O2/c1-27-21-9-5-8-18-20-14-19(15-10-12-17(24)13-11-15)25-26(20)23(28-22(18)21)16-6-3-2-4-7-16/h2-13,20,23H,14H2,1H3/t20-,23-/m1/s1. The van der Waals surface area contributed by atoms with Crippen LogP contribution in [0.4, 0.5) is 0 Å². The van der Waals surface area contributed by atoms with Gasteiger partial charge in [-0.15, -0.1) is 0 Å². The van der Waals surface area contributed by atoms with Gasteiger partial charge in [-0.25, -0.2) is 5.01 Å². The second-order valence-corrected chi connectivity index (χ2v) is 7.35. The van der Waals surface area contributed by atoms with Gasteiger partial charge in [-0.3, -0.25) is 0 Å². The van der Waals surface area contributed by atoms with Crippen LogP contribution in [-0.2, 0) is 0 Å². The third kappa shape index (κ3) is 2.81. The fourth-order valence-corrected chi connectivity index (χ4v) is 4.02. The van der Waals surface area contributed by atoms with Gasteiger partial charge < -0.3 is 9.47 Å². The molecule has 0 aromatic heterocycles. The van der Waals surface area contributed by atoms with Gasteiger partial charge in [0.25, 0.3) is 0 Å². The molecular formula is C23H19ClN2O2. The lowest BCUT2D eigenvalue weighted by atomic mass is 9.95. The molecule has 0 fully saturated rings. The SMILES string of the molecule is COc1cccc2c1O[C@H](c1ccccc1)N1N=C(c3ccc(Cl)cc3)C[C@H]21. The third-order valence-corrected chi connectivity index (χ3v) is 5.51. The molecule has 0 amide bonds. The van der Waals surface area contributed by atoms with Crippen LogP contribution in [0.1, 0.15) is 35.4 Å². The predicted octanol–water partition coefficient (Wildman–Crippen LogP) is 5.59. The average molecular weight is 391 g/mol. The first-order valence-corrected chi connectivity index (χ1v) is 9.62. The zero-order chi connectivity index (χ0) is 19.1. The highest BCUT2D eigenvalue weighted by atomic mass is 35.5. The molecule has 140 valence electrons. The maximum Gasteiger partial charge on any atom is 0.214 e. The van der Waals surface area contributed by atoms with Crippen molar-refractivity contribution in [2.24, 2.45) is 5.10 Å². The first-order chi connectivity index (χ1) is 13.7. The van der Waals surface area contributed by atoms with Crippen LogP contribution < -0.4 is 9.47 Å². The summed E-state index contributed by atoms with van der Waals surface area (Å²) in [5.41, 5.74) is 4.27. The van der Waals surface area contributed by atoms with Gasteiger partial charge in [0.05, 0.1) is 18.9 Å². The van der Waals surface area contributed by atoms with E-state index in [0.29, 0.717) is 0 Å². The van der Waals surface area contributed by atoms with E-state index >= 15 is 0 Å². The monoisotopic (exact) mass is 390 g/mol. The van der Waals surface area contributed by atoms with E-state index in [1.165, 1.54) is 0 Å². The van der Waals surface area contributed by atoms with E-state index in [9.17, 15) is 0 Å². The van der Waals surface area contributed by atoms with Crippen molar-refractivity contribution < 1.29 is 9.47 Å². The zero-order valence-corrected chi connectivity index (χ0v) is 16.1. The molecule has 4 nitrogen and oxygen atoms in total. The van der Waals surface area contributed by atoms with E-state index in [1.807, 2.05) is 54.6 Å². The summed E-state index contributed by atoms with van der Waals surface area (Å²) in [5, 5.41) is 7.76. The van der Waals surface area contributed by atoms with Gasteiger partial charge in [0.1, 0.15) is 0 Å². The summed E-state index contributed by atoms with van der Waals surface area (Å²) >= 11 is 6.06. The van der Waals surface area contributed by atoms with E-state index in [1.54, 1.807) is 7.11 Å². The maximum atomic E-state index is 6.43. The van der Waals surface area contributed by atoms with Crippen LogP contribution in [0.2, 0.25) is 5.02 Å². The third-order valence-electron chi connectivity index (χ3n) is 5.26. The minimum Gasteiger partial charge on any atom is -0.493 e. The number of para-hydroxylation sites is 1. The first-order valence-electron chi connectivity index (χ1n) is 9.25. The molecule has 0 N–H and O–H groups in total. The fraction of sp³-hybridized carbons (Fsp3) is 0.174. The maximum absolute atomic E-state index is 6.43. The van der Waals surface area contributed by atoms with Gasteiger partial charge in [-0.05, 0) is 23.8 Å². The van der Waals surface area contributed by atoms with E-state index < -0.39 is 0 Å². The lowest BCUT2D eigenvalue weighted by Gasteiger charge is -2.38. The minimum absolute atomic E-state index is 0.0923. The summed E-state index contributed by atoms with van der Waals surface area (Å²) in [6, 6.07) is 24.1. The Morgan fingerprint density at radius 1 is 1.00 bits per heavy atom. The summed E-state index contributed by atoms with van der Waals surface area (Å²) in [7, 11) is 1.67. The second kappa shape index (κ2) is 6.88. The zero-order valence-electron chi connectivity index (χ0n) is 15.4. The van der Waals surface area contributed by atoms with Crippen molar-refractivity contribution in [2.45, 2.75) is 18.7 Å². The normalized spacial score (nSPS) is 20.1. The fourth-order valence-electron chi connectivity index (χ4n) is 3.90. The smallest absolute Gasteiger partial charge is 0.214 e. The lowest BCUT2D eigenvalue weighted by Crippen LogP contribution is -2.33. The highest BCUT2D eigenvalue weighted by Gasteiger charge is 2.42. The van der Waals surface area contributed by atoms with Crippen molar-refractivity contribution in [2.75, 3.05) is 7.11 Å². The number of rotatable bonds is 3. The molecule has 0 bridgehead atoms. The van der Waals surface area contributed by atoms with Gasteiger partial charge in [0.2, 0.25) is 6.23 Å². The number of fused-ring (bicyclic) bond motifs is 3. The van der Waals surface area contributed by atoms with Crippen molar-refractivity contribution >= 4 is 17.3 Å². The summed E-state index contributed by atoms with van der Waals surface area (Å²) in [6.45, 7) is 0. The Morgan fingerprint density at radius 2 is 1.79 bits per heavy atom. The van der Waals surface area contributed by atoms with Crippen molar-refractivity contribution in [3.8, 4) is 11.5 Å². The molecule has 5 rings (SSSR count). The Hall–Kier alpha value is -2.98. The van der Waals surface area contributed by atoms with E-state index in [-0.39, 0.29) is 12.3 Å². The Balaban J connectivity index is 1.61. The Labute approximate surface area is 169 Å². The molecule has 28 heavy (non-hydrogen) atoms. The van der Waals surface area contributed by atoms with Gasteiger partial charge in [0, 0.05) is 22.6 Å². The largest absolute Gasteiger partial charge is 0.493 e. The van der Waals surface area contributed by atoms with Gasteiger partial charge in [-0.2, -0.15) is 5.10 Å². The molecule has 0 saturated heterocycles. The topological polar surface area (TPSA) is 34.1 Å². The molecule has 2 heterocycles. The molecule has 5 heteroatoms. The second-order valence-electron chi connectivity index (χ2n) is 6.91. The van der Waals surface area contributed by atoms with E-state index in [2.05, 4.69) is 23.2 Å². The molecule has 2 atom stereocenters. The van der Waals surface area contributed by atoms with Crippen LogP contribution in [0.15, 0.2) is 77.9 Å². The summed E-state index contributed by atoms with van der Waals surface area (Å²) in [4.78, 5) is 0. The number of ether oxygens (including phenoxy) is 2. The van der Waals surface area contributed by atoms with Crippen molar-refractivity contribution in [1.82, 2.24) is 5.01 Å². The van der Waals surface area contributed by atoms with E-state index in [4.69, 9.17) is 26.2 Å². The molecule has 0 spiro atoms. The predicted molar refractivity (Wildman–Crippen MR) is 110 cm³/mol. The Morgan fingerprint density at radius 3 is 2.54 bits per heavy atom. The highest BCUT2D eigenvalue weighted by Crippen LogP contribution is 2.50. The number of hydrogen-bond donors (Lipinski definition) is 0. The number of hydrogen-bond acceptors (Lipinski definition) is 4. The summed E-state index contributed by atoms with van der Waals surface area (Å²) in [5.74, 6) is 1.55. The van der Waals surface area contributed by atoms with Crippen LogP contribution in [0.25, 0.3) is 0 Å². The molecule has 0 aliphatic carbocycles. The van der Waals surface area contributed by atoms with Crippen LogP contribution >= 0.6 is 11.6 Å². The number of nitrogens with zero attached hydrogens (tertiary/aromatic N) is 2. The molecule has 3 aromatic carbocycles. The molecule has 2 aliphatic heterocycles. The molecule has 2 aliphatic rings. The lowest BCUT2D eigenvalue weighted by molar-refractivity contribution is -0.0209. The average Bonchev–Trinajstić information content (AvgIpc) is 3.19. The van der Waals surface area contributed by atoms with Crippen molar-refractivity contribution in [3.05, 3.63) is 94.5 Å². The van der Waals surface area contributed by atoms with Crippen LogP contribution in [0.5, 0.6) is 11.5 Å². The Kier molecular flexibility index (Phi) is 4.21. The molecule has 0 radical (unpaired) electrons. The summed E-state index contributed by atoms with van der Waals surface area (Å²) < 4.78 is 12.0. The van der Waals surface area contributed by atoms with Gasteiger partial charge in [-0.1, -0.05) is 66.2 Å². The van der Waals surface area contributed by atoms with Crippen LogP contribution in [0.3, 0.4) is 0 Å². The van der Waals surface area contributed by atoms with Crippen LogP contribution in [-0.4, -0.2) is 17.8 Å². The minimum atomic E-state index is -0.306. The Bertz CT molecular complexity index is 1030. The molecule has 3 aromatic rings. The number of methoxy groups -OCH3 is 1. The van der Waals surface area contributed by atoms with E-state index in [0.717, 1.165) is 45.3 Å². The number of halogens is 1. The number of benzene rings is 3. The van der Waals surface area contributed by atoms with Crippen LogP contribution in [0, 0.1) is 0 Å². The first kappa shape index (κ1) is 17.1. The van der Waals surface area contributed by atoms with Gasteiger partial charge >= 0.3 is 0 Å². The quantitative estimate of drug-likeness (QED) is 0.584. The van der Waals surface area contributed by atoms with Crippen molar-refractivity contribution in [3.63, 3.8) is 0 Å². The van der Waals surface area contributed by atoms with Crippen molar-refractivity contribution in [1.29, 1.82) is 0 Å². The number of hydrazone groups is 1. The van der Waals surface area contributed by atoms with Gasteiger partial charge in [0.15, 0.2) is 11.5 Å². The molecular weight excluding hydrogens is 372 g/mol. The molecule has 0 unspecified atom stereocenters. The highest BCUT2D eigenvalue weighted by molar-refractivity contribution is 6.30. The molecule has 0 saturated carbocycles.